The van der Waals surface area contributed by atoms with Crippen LogP contribution in [0.25, 0.3) is 0 Å². The second kappa shape index (κ2) is 9.58. The Labute approximate surface area is 160 Å². The van der Waals surface area contributed by atoms with Crippen LogP contribution >= 0.6 is 11.6 Å². The number of nitrogens with zero attached hydrogens (tertiary/aromatic N) is 1. The Balaban J connectivity index is 1.52. The lowest BCUT2D eigenvalue weighted by Gasteiger charge is -2.17. The number of amides is 1. The van der Waals surface area contributed by atoms with Gasteiger partial charge in [-0.25, -0.2) is 0 Å². The maximum absolute atomic E-state index is 12.4. The van der Waals surface area contributed by atoms with Crippen LogP contribution in [0.3, 0.4) is 0 Å². The predicted molar refractivity (Wildman–Crippen MR) is 107 cm³/mol. The zero-order valence-corrected chi connectivity index (χ0v) is 15.8. The van der Waals surface area contributed by atoms with Crippen molar-refractivity contribution >= 4 is 23.2 Å². The maximum Gasteiger partial charge on any atom is 0.252 e. The first-order valence-electron chi connectivity index (χ1n) is 9.45. The van der Waals surface area contributed by atoms with Crippen LogP contribution in [0.4, 0.5) is 5.69 Å². The summed E-state index contributed by atoms with van der Waals surface area (Å²) in [5, 5.41) is 7.22. The molecule has 1 aromatic heterocycles. The molecule has 2 N–H and O–H groups in total. The molecule has 1 aliphatic carbocycles. The van der Waals surface area contributed by atoms with E-state index in [0.29, 0.717) is 18.2 Å². The lowest BCUT2D eigenvalue weighted by Crippen LogP contribution is -2.26. The van der Waals surface area contributed by atoms with E-state index in [1.54, 1.807) is 12.4 Å². The summed E-state index contributed by atoms with van der Waals surface area (Å²) < 4.78 is 0. The Bertz CT molecular complexity index is 727. The molecule has 1 amide bonds. The predicted octanol–water partition coefficient (Wildman–Crippen LogP) is 4.84. The van der Waals surface area contributed by atoms with Gasteiger partial charge >= 0.3 is 0 Å². The third-order valence-corrected chi connectivity index (χ3v) is 5.05. The van der Waals surface area contributed by atoms with Crippen molar-refractivity contribution in [1.82, 2.24) is 10.3 Å². The highest BCUT2D eigenvalue weighted by atomic mass is 35.5. The molecule has 3 rings (SSSR count). The first kappa shape index (κ1) is 18.7. The summed E-state index contributed by atoms with van der Waals surface area (Å²) >= 11 is 5.99. The normalized spacial score (nSPS) is 15.3. The van der Waals surface area contributed by atoms with Gasteiger partial charge in [0.15, 0.2) is 0 Å². The molecule has 2 aromatic rings. The molecular formula is C21H26ClN3O. The topological polar surface area (TPSA) is 54.0 Å². The molecule has 138 valence electrons. The molecule has 4 nitrogen and oxygen atoms in total. The summed E-state index contributed by atoms with van der Waals surface area (Å²) in [5.41, 5.74) is 2.63. The van der Waals surface area contributed by atoms with Crippen molar-refractivity contribution in [2.24, 2.45) is 0 Å². The SMILES string of the molecule is O=C(NCCc1cccc(Cl)c1)c1cncc(NC2CCCCCC2)c1. The van der Waals surface area contributed by atoms with E-state index in [-0.39, 0.29) is 5.91 Å². The van der Waals surface area contributed by atoms with Gasteiger partial charge in [0.2, 0.25) is 0 Å². The third kappa shape index (κ3) is 5.73. The first-order valence-corrected chi connectivity index (χ1v) is 9.83. The fourth-order valence-corrected chi connectivity index (χ4v) is 3.63. The van der Waals surface area contributed by atoms with Crippen LogP contribution in [0, 0.1) is 0 Å². The maximum atomic E-state index is 12.4. The van der Waals surface area contributed by atoms with E-state index in [4.69, 9.17) is 11.6 Å². The first-order chi connectivity index (χ1) is 12.7. The summed E-state index contributed by atoms with van der Waals surface area (Å²) in [4.78, 5) is 16.6. The van der Waals surface area contributed by atoms with E-state index >= 15 is 0 Å². The fraction of sp³-hybridized carbons (Fsp3) is 0.429. The molecule has 0 unspecified atom stereocenters. The van der Waals surface area contributed by atoms with Crippen LogP contribution in [0.15, 0.2) is 42.7 Å². The Morgan fingerprint density at radius 2 is 1.92 bits per heavy atom. The highest BCUT2D eigenvalue weighted by Gasteiger charge is 2.13. The Morgan fingerprint density at radius 1 is 1.12 bits per heavy atom. The van der Waals surface area contributed by atoms with Gasteiger partial charge in [-0.05, 0) is 43.0 Å². The van der Waals surface area contributed by atoms with Gasteiger partial charge in [-0.2, -0.15) is 0 Å². The largest absolute Gasteiger partial charge is 0.381 e. The molecule has 0 atom stereocenters. The molecule has 26 heavy (non-hydrogen) atoms. The van der Waals surface area contributed by atoms with Gasteiger partial charge < -0.3 is 10.6 Å². The minimum atomic E-state index is -0.0935. The van der Waals surface area contributed by atoms with Crippen LogP contribution < -0.4 is 10.6 Å². The number of pyridine rings is 1. The number of hydrogen-bond acceptors (Lipinski definition) is 3. The lowest BCUT2D eigenvalue weighted by molar-refractivity contribution is 0.0954. The van der Waals surface area contributed by atoms with Gasteiger partial charge in [0, 0.05) is 30.0 Å². The van der Waals surface area contributed by atoms with Gasteiger partial charge in [0.25, 0.3) is 5.91 Å². The summed E-state index contributed by atoms with van der Waals surface area (Å²) in [6, 6.07) is 10.1. The van der Waals surface area contributed by atoms with Crippen molar-refractivity contribution in [2.45, 2.75) is 51.0 Å². The highest BCUT2D eigenvalue weighted by Crippen LogP contribution is 2.21. The van der Waals surface area contributed by atoms with Crippen LogP contribution in [-0.2, 0) is 6.42 Å². The minimum absolute atomic E-state index is 0.0935. The number of nitrogens with one attached hydrogen (secondary N) is 2. The smallest absolute Gasteiger partial charge is 0.252 e. The minimum Gasteiger partial charge on any atom is -0.381 e. The second-order valence-corrected chi connectivity index (χ2v) is 7.37. The van der Waals surface area contributed by atoms with E-state index in [1.165, 1.54) is 38.5 Å². The van der Waals surface area contributed by atoms with Crippen LogP contribution in [0.5, 0.6) is 0 Å². The zero-order valence-electron chi connectivity index (χ0n) is 15.0. The number of halogens is 1. The van der Waals surface area contributed by atoms with Gasteiger partial charge in [0.1, 0.15) is 0 Å². The van der Waals surface area contributed by atoms with E-state index in [9.17, 15) is 4.79 Å². The number of carbonyl (C=O) groups excluding carboxylic acids is 1. The number of hydrogen-bond donors (Lipinski definition) is 2. The average Bonchev–Trinajstić information content (AvgIpc) is 2.91. The second-order valence-electron chi connectivity index (χ2n) is 6.93. The number of aromatic nitrogens is 1. The number of anilines is 1. The molecule has 0 saturated heterocycles. The number of rotatable bonds is 6. The fourth-order valence-electron chi connectivity index (χ4n) is 3.42. The molecule has 0 radical (unpaired) electrons. The molecule has 1 aromatic carbocycles. The summed E-state index contributed by atoms with van der Waals surface area (Å²) in [6.45, 7) is 0.569. The Hall–Kier alpha value is -2.07. The monoisotopic (exact) mass is 371 g/mol. The summed E-state index contributed by atoms with van der Waals surface area (Å²) in [5.74, 6) is -0.0935. The van der Waals surface area contributed by atoms with E-state index in [0.717, 1.165) is 22.7 Å². The van der Waals surface area contributed by atoms with Crippen LogP contribution in [0.1, 0.15) is 54.4 Å². The van der Waals surface area contributed by atoms with E-state index in [2.05, 4.69) is 15.6 Å². The van der Waals surface area contributed by atoms with E-state index in [1.807, 2.05) is 30.3 Å². The Kier molecular flexibility index (Phi) is 6.89. The lowest BCUT2D eigenvalue weighted by atomic mass is 10.1. The Morgan fingerprint density at radius 3 is 2.69 bits per heavy atom. The van der Waals surface area contributed by atoms with Gasteiger partial charge in [-0.15, -0.1) is 0 Å². The average molecular weight is 372 g/mol. The number of carbonyl (C=O) groups is 1. The molecule has 5 heteroatoms. The van der Waals surface area contributed by atoms with Gasteiger partial charge in [-0.1, -0.05) is 49.4 Å². The van der Waals surface area contributed by atoms with Crippen LogP contribution in [0.2, 0.25) is 5.02 Å². The molecule has 1 aliphatic rings. The third-order valence-electron chi connectivity index (χ3n) is 4.81. The number of benzene rings is 1. The van der Waals surface area contributed by atoms with Crippen molar-refractivity contribution in [1.29, 1.82) is 0 Å². The van der Waals surface area contributed by atoms with Gasteiger partial charge in [-0.3, -0.25) is 9.78 Å². The standard InChI is InChI=1S/C21H26ClN3O/c22-18-7-5-6-16(12-18)10-11-24-21(26)17-13-20(15-23-14-17)25-19-8-3-1-2-4-9-19/h5-7,12-15,19,25H,1-4,8-11H2,(H,24,26). The molecule has 1 fully saturated rings. The van der Waals surface area contributed by atoms with Crippen molar-refractivity contribution < 1.29 is 4.79 Å². The zero-order chi connectivity index (χ0) is 18.2. The molecule has 0 aliphatic heterocycles. The van der Waals surface area contributed by atoms with Crippen LogP contribution in [-0.4, -0.2) is 23.5 Å². The molecule has 1 saturated carbocycles. The molecule has 0 spiro atoms. The molecule has 0 bridgehead atoms. The highest BCUT2D eigenvalue weighted by molar-refractivity contribution is 6.30. The quantitative estimate of drug-likeness (QED) is 0.714. The summed E-state index contributed by atoms with van der Waals surface area (Å²) in [7, 11) is 0. The van der Waals surface area contributed by atoms with Crippen molar-refractivity contribution in [3.8, 4) is 0 Å². The van der Waals surface area contributed by atoms with Gasteiger partial charge in [0.05, 0.1) is 11.3 Å². The van der Waals surface area contributed by atoms with Crippen molar-refractivity contribution in [3.05, 3.63) is 58.9 Å². The molecule has 1 heterocycles. The molecular weight excluding hydrogens is 346 g/mol. The van der Waals surface area contributed by atoms with Crippen molar-refractivity contribution in [3.63, 3.8) is 0 Å². The van der Waals surface area contributed by atoms with Crippen molar-refractivity contribution in [2.75, 3.05) is 11.9 Å². The summed E-state index contributed by atoms with van der Waals surface area (Å²) in [6.07, 6.45) is 11.7. The van der Waals surface area contributed by atoms with E-state index < -0.39 is 0 Å².